The van der Waals surface area contributed by atoms with Crippen LogP contribution in [0.5, 0.6) is 5.75 Å². The number of hydrogen-bond acceptors (Lipinski definition) is 4. The van der Waals surface area contributed by atoms with Gasteiger partial charge in [-0.1, -0.05) is 0 Å². The van der Waals surface area contributed by atoms with Crippen LogP contribution >= 0.6 is 0 Å². The Morgan fingerprint density at radius 1 is 1.57 bits per heavy atom. The summed E-state index contributed by atoms with van der Waals surface area (Å²) >= 11 is 0. The summed E-state index contributed by atoms with van der Waals surface area (Å²) in [5.74, 6) is 0.583. The zero-order valence-electron chi connectivity index (χ0n) is 8.43. The van der Waals surface area contributed by atoms with Gasteiger partial charge in [0.15, 0.2) is 0 Å². The van der Waals surface area contributed by atoms with Crippen molar-refractivity contribution >= 4 is 0 Å². The second kappa shape index (κ2) is 5.57. The average molecular weight is 197 g/mol. The summed E-state index contributed by atoms with van der Waals surface area (Å²) in [6, 6.07) is 3.52. The molecule has 0 aliphatic heterocycles. The van der Waals surface area contributed by atoms with Crippen LogP contribution in [0.1, 0.15) is 18.7 Å². The Kier molecular flexibility index (Phi) is 4.35. The first-order valence-corrected chi connectivity index (χ1v) is 4.54. The lowest BCUT2D eigenvalue weighted by Gasteiger charge is -2.12. The fraction of sp³-hybridized carbons (Fsp3) is 0.500. The molecule has 0 amide bonds. The van der Waals surface area contributed by atoms with Gasteiger partial charge in [0.05, 0.1) is 13.7 Å². The van der Waals surface area contributed by atoms with Crippen LogP contribution in [-0.4, -0.2) is 30.4 Å². The van der Waals surface area contributed by atoms with Crippen LogP contribution in [0.3, 0.4) is 0 Å². The van der Waals surface area contributed by atoms with Crippen molar-refractivity contribution < 1.29 is 14.6 Å². The molecule has 14 heavy (non-hydrogen) atoms. The highest BCUT2D eigenvalue weighted by molar-refractivity contribution is 5.28. The van der Waals surface area contributed by atoms with Crippen LogP contribution in [0.15, 0.2) is 18.3 Å². The van der Waals surface area contributed by atoms with Gasteiger partial charge < -0.3 is 14.6 Å². The molecular formula is C10H15NO3. The van der Waals surface area contributed by atoms with Gasteiger partial charge in [0.25, 0.3) is 0 Å². The predicted octanol–water partition coefficient (Wildman–Crippen LogP) is 1.16. The van der Waals surface area contributed by atoms with E-state index in [9.17, 15) is 5.11 Å². The molecule has 1 aromatic heterocycles. The molecule has 1 heterocycles. The predicted molar refractivity (Wildman–Crippen MR) is 52.2 cm³/mol. The number of nitrogens with zero attached hydrogens (tertiary/aromatic N) is 1. The van der Waals surface area contributed by atoms with Gasteiger partial charge in [-0.15, -0.1) is 0 Å². The maximum Gasteiger partial charge on any atom is 0.143 e. The molecule has 0 aromatic carbocycles. The van der Waals surface area contributed by atoms with E-state index in [4.69, 9.17) is 9.47 Å². The van der Waals surface area contributed by atoms with Crippen molar-refractivity contribution in [3.05, 3.63) is 24.0 Å². The minimum atomic E-state index is -0.730. The van der Waals surface area contributed by atoms with Crippen molar-refractivity contribution in [1.82, 2.24) is 4.98 Å². The highest BCUT2D eigenvalue weighted by Crippen LogP contribution is 2.21. The quantitative estimate of drug-likeness (QED) is 0.769. The molecule has 1 atom stereocenters. The van der Waals surface area contributed by atoms with E-state index in [1.54, 1.807) is 25.4 Å². The Bertz CT molecular complexity index is 278. The van der Waals surface area contributed by atoms with Crippen molar-refractivity contribution in [2.45, 2.75) is 13.0 Å². The third kappa shape index (κ3) is 2.68. The summed E-state index contributed by atoms with van der Waals surface area (Å²) in [6.45, 7) is 2.69. The molecule has 78 valence electrons. The number of methoxy groups -OCH3 is 1. The molecule has 0 aliphatic rings. The first-order chi connectivity index (χ1) is 6.79. The lowest BCUT2D eigenvalue weighted by molar-refractivity contribution is 0.0384. The largest absolute Gasteiger partial charge is 0.495 e. The van der Waals surface area contributed by atoms with Gasteiger partial charge in [0, 0.05) is 12.8 Å². The molecule has 4 heteroatoms. The number of ether oxygens (including phenoxy) is 2. The molecule has 0 saturated heterocycles. The van der Waals surface area contributed by atoms with Gasteiger partial charge >= 0.3 is 0 Å². The molecule has 1 N–H and O–H groups in total. The van der Waals surface area contributed by atoms with Crippen molar-refractivity contribution in [3.63, 3.8) is 0 Å². The highest BCUT2D eigenvalue weighted by atomic mass is 16.5. The second-order valence-electron chi connectivity index (χ2n) is 2.77. The summed E-state index contributed by atoms with van der Waals surface area (Å²) in [5, 5.41) is 9.70. The zero-order chi connectivity index (χ0) is 10.4. The summed E-state index contributed by atoms with van der Waals surface area (Å²) in [5.41, 5.74) is 0.517. The van der Waals surface area contributed by atoms with Crippen LogP contribution in [0, 0.1) is 0 Å². The van der Waals surface area contributed by atoms with Crippen molar-refractivity contribution in [1.29, 1.82) is 0 Å². The molecule has 0 spiro atoms. The molecule has 1 unspecified atom stereocenters. The molecule has 1 aromatic rings. The van der Waals surface area contributed by atoms with Gasteiger partial charge in [-0.25, -0.2) is 0 Å². The van der Waals surface area contributed by atoms with Gasteiger partial charge in [-0.05, 0) is 19.1 Å². The number of aliphatic hydroxyl groups excluding tert-OH is 1. The number of aromatic nitrogens is 1. The lowest BCUT2D eigenvalue weighted by Crippen LogP contribution is -2.10. The first kappa shape index (κ1) is 10.9. The molecule has 0 fully saturated rings. The van der Waals surface area contributed by atoms with Crippen LogP contribution in [0.2, 0.25) is 0 Å². The van der Waals surface area contributed by atoms with Crippen LogP contribution in [0.4, 0.5) is 0 Å². The monoisotopic (exact) mass is 197 g/mol. The molecule has 0 radical (unpaired) electrons. The lowest BCUT2D eigenvalue weighted by atomic mass is 10.2. The maximum absolute atomic E-state index is 9.70. The van der Waals surface area contributed by atoms with Crippen molar-refractivity contribution in [2.24, 2.45) is 0 Å². The summed E-state index contributed by atoms with van der Waals surface area (Å²) in [4.78, 5) is 4.05. The van der Waals surface area contributed by atoms with Crippen LogP contribution in [0.25, 0.3) is 0 Å². The van der Waals surface area contributed by atoms with Crippen molar-refractivity contribution in [2.75, 3.05) is 20.3 Å². The Labute approximate surface area is 83.5 Å². The van der Waals surface area contributed by atoms with E-state index < -0.39 is 6.10 Å². The fourth-order valence-corrected chi connectivity index (χ4v) is 1.13. The van der Waals surface area contributed by atoms with Crippen LogP contribution < -0.4 is 4.74 Å². The van der Waals surface area contributed by atoms with E-state index in [1.165, 1.54) is 0 Å². The molecule has 0 aliphatic carbocycles. The minimum absolute atomic E-state index is 0.240. The Balaban J connectivity index is 2.72. The van der Waals surface area contributed by atoms with Gasteiger partial charge in [0.1, 0.15) is 17.5 Å². The zero-order valence-corrected chi connectivity index (χ0v) is 8.43. The molecule has 0 saturated carbocycles. The van der Waals surface area contributed by atoms with Gasteiger partial charge in [-0.3, -0.25) is 4.98 Å². The van der Waals surface area contributed by atoms with E-state index in [0.717, 1.165) is 0 Å². The van der Waals surface area contributed by atoms with Gasteiger partial charge in [0.2, 0.25) is 0 Å². The number of hydrogen-bond donors (Lipinski definition) is 1. The minimum Gasteiger partial charge on any atom is -0.495 e. The highest BCUT2D eigenvalue weighted by Gasteiger charge is 2.13. The van der Waals surface area contributed by atoms with Crippen molar-refractivity contribution in [3.8, 4) is 5.75 Å². The number of rotatable bonds is 5. The summed E-state index contributed by atoms with van der Waals surface area (Å²) < 4.78 is 10.2. The third-order valence-corrected chi connectivity index (χ3v) is 1.82. The SMILES string of the molecule is CCOCC(O)c1ncccc1OC. The Hall–Kier alpha value is -1.13. The number of pyridine rings is 1. The Morgan fingerprint density at radius 2 is 2.36 bits per heavy atom. The topological polar surface area (TPSA) is 51.6 Å². The fourth-order valence-electron chi connectivity index (χ4n) is 1.13. The molecule has 4 nitrogen and oxygen atoms in total. The molecule has 1 rings (SSSR count). The van der Waals surface area contributed by atoms with Crippen LogP contribution in [-0.2, 0) is 4.74 Å². The Morgan fingerprint density at radius 3 is 3.00 bits per heavy atom. The third-order valence-electron chi connectivity index (χ3n) is 1.82. The molecule has 0 bridgehead atoms. The van der Waals surface area contributed by atoms with E-state index in [1.807, 2.05) is 6.92 Å². The number of aliphatic hydroxyl groups is 1. The van der Waals surface area contributed by atoms with E-state index >= 15 is 0 Å². The smallest absolute Gasteiger partial charge is 0.143 e. The first-order valence-electron chi connectivity index (χ1n) is 4.54. The van der Waals surface area contributed by atoms with E-state index in [-0.39, 0.29) is 6.61 Å². The van der Waals surface area contributed by atoms with Gasteiger partial charge in [-0.2, -0.15) is 0 Å². The van der Waals surface area contributed by atoms with E-state index in [0.29, 0.717) is 18.1 Å². The maximum atomic E-state index is 9.70. The van der Waals surface area contributed by atoms with E-state index in [2.05, 4.69) is 4.98 Å². The standard InChI is InChI=1S/C10H15NO3/c1-3-14-7-8(12)10-9(13-2)5-4-6-11-10/h4-6,8,12H,3,7H2,1-2H3. The normalized spacial score (nSPS) is 12.5. The second-order valence-corrected chi connectivity index (χ2v) is 2.77. The average Bonchev–Trinajstić information content (AvgIpc) is 2.25. The molecular weight excluding hydrogens is 182 g/mol. The summed E-state index contributed by atoms with van der Waals surface area (Å²) in [6.07, 6.45) is 0.888. The summed E-state index contributed by atoms with van der Waals surface area (Å²) in [7, 11) is 1.55.